The molecule has 6 nitrogen and oxygen atoms in total. The van der Waals surface area contributed by atoms with E-state index in [4.69, 9.17) is 0 Å². The van der Waals surface area contributed by atoms with Gasteiger partial charge in [0.25, 0.3) is 5.91 Å². The van der Waals surface area contributed by atoms with Crippen LogP contribution in [0.2, 0.25) is 0 Å². The number of anilines is 3. The zero-order valence-corrected chi connectivity index (χ0v) is 13.6. The van der Waals surface area contributed by atoms with E-state index >= 15 is 0 Å². The summed E-state index contributed by atoms with van der Waals surface area (Å²) in [6, 6.07) is 17.7. The summed E-state index contributed by atoms with van der Waals surface area (Å²) in [6.07, 6.45) is 1.33. The van der Waals surface area contributed by atoms with Gasteiger partial charge in [-0.2, -0.15) is 0 Å². The molecule has 0 aliphatic heterocycles. The Hall–Kier alpha value is -3.54. The van der Waals surface area contributed by atoms with Crippen molar-refractivity contribution in [3.05, 3.63) is 78.2 Å². The van der Waals surface area contributed by atoms with E-state index in [0.29, 0.717) is 17.1 Å². The lowest BCUT2D eigenvalue weighted by Gasteiger charge is -2.08. The number of carbonyl (C=O) groups excluding carboxylic acids is 2. The molecule has 3 aromatic rings. The summed E-state index contributed by atoms with van der Waals surface area (Å²) in [7, 11) is 0. The number of Topliss-reactive ketones (excluding diaryl/α,β-unsaturated/α-hetero) is 1. The highest BCUT2D eigenvalue weighted by molar-refractivity contribution is 6.03. The second-order valence-corrected chi connectivity index (χ2v) is 5.37. The first-order valence-electron chi connectivity index (χ1n) is 7.68. The number of nitrogens with one attached hydrogen (secondary N) is 2. The fourth-order valence-electron chi connectivity index (χ4n) is 2.20. The highest BCUT2D eigenvalue weighted by atomic mass is 16.2. The Labute approximate surface area is 145 Å². The van der Waals surface area contributed by atoms with Gasteiger partial charge in [0.05, 0.1) is 0 Å². The van der Waals surface area contributed by atoms with Crippen LogP contribution < -0.4 is 10.6 Å². The van der Waals surface area contributed by atoms with Gasteiger partial charge >= 0.3 is 0 Å². The molecule has 0 saturated carbocycles. The summed E-state index contributed by atoms with van der Waals surface area (Å²) in [4.78, 5) is 31.7. The Morgan fingerprint density at radius 2 is 1.60 bits per heavy atom. The van der Waals surface area contributed by atoms with Gasteiger partial charge in [0.1, 0.15) is 17.8 Å². The molecular weight excluding hydrogens is 316 g/mol. The molecule has 0 atom stereocenters. The number of hydrogen-bond donors (Lipinski definition) is 2. The molecule has 0 radical (unpaired) electrons. The molecule has 0 spiro atoms. The van der Waals surface area contributed by atoms with Gasteiger partial charge in [-0.3, -0.25) is 9.59 Å². The Bertz CT molecular complexity index is 893. The predicted molar refractivity (Wildman–Crippen MR) is 96.2 cm³/mol. The Kier molecular flexibility index (Phi) is 4.80. The maximum atomic E-state index is 12.3. The van der Waals surface area contributed by atoms with E-state index in [1.807, 2.05) is 18.2 Å². The van der Waals surface area contributed by atoms with Crippen molar-refractivity contribution in [2.45, 2.75) is 6.92 Å². The summed E-state index contributed by atoms with van der Waals surface area (Å²) in [5, 5.41) is 5.86. The van der Waals surface area contributed by atoms with Crippen LogP contribution >= 0.6 is 0 Å². The van der Waals surface area contributed by atoms with E-state index in [-0.39, 0.29) is 17.4 Å². The Morgan fingerprint density at radius 1 is 0.880 bits per heavy atom. The molecule has 0 fully saturated rings. The van der Waals surface area contributed by atoms with Crippen molar-refractivity contribution in [2.24, 2.45) is 0 Å². The minimum absolute atomic E-state index is 0.00783. The van der Waals surface area contributed by atoms with Crippen LogP contribution in [0.1, 0.15) is 27.8 Å². The second-order valence-electron chi connectivity index (χ2n) is 5.37. The van der Waals surface area contributed by atoms with Gasteiger partial charge in [-0.1, -0.05) is 18.2 Å². The number of aromatic nitrogens is 2. The van der Waals surface area contributed by atoms with Gasteiger partial charge in [-0.05, 0) is 43.3 Å². The Morgan fingerprint density at radius 3 is 2.28 bits per heavy atom. The van der Waals surface area contributed by atoms with Crippen molar-refractivity contribution in [1.29, 1.82) is 0 Å². The van der Waals surface area contributed by atoms with E-state index in [1.54, 1.807) is 42.5 Å². The standard InChI is InChI=1S/C19H16N4O2/c1-13(24)14-7-9-16(10-8-14)22-18-11-17(20-12-21-18)19(25)23-15-5-3-2-4-6-15/h2-12H,1H3,(H,23,25)(H,20,21,22). The van der Waals surface area contributed by atoms with Crippen molar-refractivity contribution in [2.75, 3.05) is 10.6 Å². The largest absolute Gasteiger partial charge is 0.340 e. The van der Waals surface area contributed by atoms with E-state index in [2.05, 4.69) is 20.6 Å². The van der Waals surface area contributed by atoms with Crippen molar-refractivity contribution >= 4 is 28.9 Å². The predicted octanol–water partition coefficient (Wildman–Crippen LogP) is 3.68. The first kappa shape index (κ1) is 16.3. The summed E-state index contributed by atoms with van der Waals surface area (Å²) < 4.78 is 0. The number of amides is 1. The third kappa shape index (κ3) is 4.26. The monoisotopic (exact) mass is 332 g/mol. The lowest BCUT2D eigenvalue weighted by atomic mass is 10.1. The molecule has 2 aromatic carbocycles. The van der Waals surface area contributed by atoms with Crippen LogP contribution in [-0.4, -0.2) is 21.7 Å². The molecule has 0 aliphatic rings. The van der Waals surface area contributed by atoms with Crippen molar-refractivity contribution in [1.82, 2.24) is 9.97 Å². The topological polar surface area (TPSA) is 84.0 Å². The third-order valence-corrected chi connectivity index (χ3v) is 3.50. The fourth-order valence-corrected chi connectivity index (χ4v) is 2.20. The number of benzene rings is 2. The van der Waals surface area contributed by atoms with Gasteiger partial charge < -0.3 is 10.6 Å². The molecular formula is C19H16N4O2. The highest BCUT2D eigenvalue weighted by Crippen LogP contribution is 2.16. The minimum atomic E-state index is -0.316. The number of nitrogens with zero attached hydrogens (tertiary/aromatic N) is 2. The van der Waals surface area contributed by atoms with Gasteiger partial charge in [-0.15, -0.1) is 0 Å². The number of rotatable bonds is 5. The normalized spacial score (nSPS) is 10.1. The third-order valence-electron chi connectivity index (χ3n) is 3.50. The van der Waals surface area contributed by atoms with Gasteiger partial charge in [0.15, 0.2) is 5.78 Å². The van der Waals surface area contributed by atoms with Crippen LogP contribution in [-0.2, 0) is 0 Å². The lowest BCUT2D eigenvalue weighted by Crippen LogP contribution is -2.14. The molecule has 6 heteroatoms. The molecule has 2 N–H and O–H groups in total. The molecule has 3 rings (SSSR count). The lowest BCUT2D eigenvalue weighted by molar-refractivity contribution is 0.101. The summed E-state index contributed by atoms with van der Waals surface area (Å²) in [5.74, 6) is 0.181. The van der Waals surface area contributed by atoms with Crippen molar-refractivity contribution in [3.63, 3.8) is 0 Å². The first-order valence-corrected chi connectivity index (χ1v) is 7.68. The van der Waals surface area contributed by atoms with Crippen LogP contribution in [0.25, 0.3) is 0 Å². The summed E-state index contributed by atoms with van der Waals surface area (Å²) in [6.45, 7) is 1.52. The minimum Gasteiger partial charge on any atom is -0.340 e. The van der Waals surface area contributed by atoms with E-state index in [0.717, 1.165) is 5.69 Å². The van der Waals surface area contributed by atoms with Crippen LogP contribution in [0, 0.1) is 0 Å². The molecule has 1 heterocycles. The molecule has 0 aliphatic carbocycles. The van der Waals surface area contributed by atoms with Crippen molar-refractivity contribution < 1.29 is 9.59 Å². The van der Waals surface area contributed by atoms with Gasteiger partial charge in [0.2, 0.25) is 0 Å². The number of hydrogen-bond acceptors (Lipinski definition) is 5. The number of carbonyl (C=O) groups is 2. The number of ketones is 1. The molecule has 124 valence electrons. The zero-order valence-electron chi connectivity index (χ0n) is 13.6. The van der Waals surface area contributed by atoms with E-state index < -0.39 is 0 Å². The van der Waals surface area contributed by atoms with E-state index in [1.165, 1.54) is 13.3 Å². The molecule has 0 bridgehead atoms. The van der Waals surface area contributed by atoms with Crippen LogP contribution in [0.5, 0.6) is 0 Å². The van der Waals surface area contributed by atoms with Crippen molar-refractivity contribution in [3.8, 4) is 0 Å². The van der Waals surface area contributed by atoms with Gasteiger partial charge in [-0.25, -0.2) is 9.97 Å². The average Bonchev–Trinajstić information content (AvgIpc) is 2.63. The molecule has 1 amide bonds. The van der Waals surface area contributed by atoms with Crippen LogP contribution in [0.3, 0.4) is 0 Å². The summed E-state index contributed by atoms with van der Waals surface area (Å²) >= 11 is 0. The molecule has 25 heavy (non-hydrogen) atoms. The quantitative estimate of drug-likeness (QED) is 0.696. The molecule has 1 aromatic heterocycles. The number of para-hydroxylation sites is 1. The van der Waals surface area contributed by atoms with Crippen LogP contribution in [0.15, 0.2) is 67.0 Å². The molecule has 0 unspecified atom stereocenters. The zero-order chi connectivity index (χ0) is 17.6. The van der Waals surface area contributed by atoms with Gasteiger partial charge in [0, 0.05) is 23.0 Å². The second kappa shape index (κ2) is 7.35. The fraction of sp³-hybridized carbons (Fsp3) is 0.0526. The van der Waals surface area contributed by atoms with E-state index in [9.17, 15) is 9.59 Å². The highest BCUT2D eigenvalue weighted by Gasteiger charge is 2.09. The average molecular weight is 332 g/mol. The van der Waals surface area contributed by atoms with Crippen LogP contribution in [0.4, 0.5) is 17.2 Å². The maximum absolute atomic E-state index is 12.3. The summed E-state index contributed by atoms with van der Waals surface area (Å²) in [5.41, 5.74) is 2.34. The SMILES string of the molecule is CC(=O)c1ccc(Nc2cc(C(=O)Nc3ccccc3)ncn2)cc1. The maximum Gasteiger partial charge on any atom is 0.274 e. The Balaban J connectivity index is 1.72. The molecule has 0 saturated heterocycles. The first-order chi connectivity index (χ1) is 12.1. The smallest absolute Gasteiger partial charge is 0.274 e.